The van der Waals surface area contributed by atoms with Gasteiger partial charge in [-0.25, -0.2) is 4.98 Å². The number of rotatable bonds is 4. The number of imidazole rings is 1. The SMILES string of the molecule is CCOCc1[nH]cnc1-c1ccc(Cl)cc1. The zero-order chi connectivity index (χ0) is 11.4. The van der Waals surface area contributed by atoms with Gasteiger partial charge < -0.3 is 9.72 Å². The van der Waals surface area contributed by atoms with Crippen LogP contribution < -0.4 is 0 Å². The summed E-state index contributed by atoms with van der Waals surface area (Å²) in [5, 5.41) is 0.727. The Morgan fingerprint density at radius 1 is 1.31 bits per heavy atom. The van der Waals surface area contributed by atoms with Crippen molar-refractivity contribution in [3.63, 3.8) is 0 Å². The van der Waals surface area contributed by atoms with Crippen LogP contribution in [0, 0.1) is 0 Å². The average Bonchev–Trinajstić information content (AvgIpc) is 2.75. The molecule has 1 aromatic heterocycles. The number of aromatic amines is 1. The Bertz CT molecular complexity index is 450. The molecule has 0 spiro atoms. The van der Waals surface area contributed by atoms with Crippen LogP contribution in [0.25, 0.3) is 11.3 Å². The predicted octanol–water partition coefficient (Wildman–Crippen LogP) is 3.27. The van der Waals surface area contributed by atoms with Crippen molar-refractivity contribution in [2.24, 2.45) is 0 Å². The Labute approximate surface area is 99.4 Å². The number of hydrogen-bond donors (Lipinski definition) is 1. The van der Waals surface area contributed by atoms with E-state index >= 15 is 0 Å². The highest BCUT2D eigenvalue weighted by Gasteiger charge is 2.07. The zero-order valence-electron chi connectivity index (χ0n) is 9.03. The second-order valence-electron chi connectivity index (χ2n) is 3.37. The zero-order valence-corrected chi connectivity index (χ0v) is 9.79. The van der Waals surface area contributed by atoms with Gasteiger partial charge >= 0.3 is 0 Å². The monoisotopic (exact) mass is 236 g/mol. The summed E-state index contributed by atoms with van der Waals surface area (Å²) in [4.78, 5) is 7.37. The molecule has 2 rings (SSSR count). The Hall–Kier alpha value is -1.32. The molecule has 0 radical (unpaired) electrons. The number of aromatic nitrogens is 2. The van der Waals surface area contributed by atoms with Gasteiger partial charge in [0, 0.05) is 17.2 Å². The van der Waals surface area contributed by atoms with Crippen molar-refractivity contribution in [3.05, 3.63) is 41.3 Å². The van der Waals surface area contributed by atoms with Crippen molar-refractivity contribution in [3.8, 4) is 11.3 Å². The highest BCUT2D eigenvalue weighted by atomic mass is 35.5. The normalized spacial score (nSPS) is 10.6. The number of hydrogen-bond acceptors (Lipinski definition) is 2. The quantitative estimate of drug-likeness (QED) is 0.885. The van der Waals surface area contributed by atoms with E-state index in [2.05, 4.69) is 9.97 Å². The van der Waals surface area contributed by atoms with Gasteiger partial charge in [-0.05, 0) is 19.1 Å². The highest BCUT2D eigenvalue weighted by molar-refractivity contribution is 6.30. The smallest absolute Gasteiger partial charge is 0.0936 e. The first-order valence-corrected chi connectivity index (χ1v) is 5.55. The minimum atomic E-state index is 0.550. The van der Waals surface area contributed by atoms with Crippen molar-refractivity contribution >= 4 is 11.6 Å². The minimum Gasteiger partial charge on any atom is -0.375 e. The molecule has 1 N–H and O–H groups in total. The molecule has 0 saturated carbocycles. The predicted molar refractivity (Wildman–Crippen MR) is 64.4 cm³/mol. The number of nitrogens with one attached hydrogen (secondary N) is 1. The van der Waals surface area contributed by atoms with Crippen LogP contribution in [0.4, 0.5) is 0 Å². The topological polar surface area (TPSA) is 37.9 Å². The van der Waals surface area contributed by atoms with Crippen molar-refractivity contribution in [1.29, 1.82) is 0 Å². The molecule has 4 heteroatoms. The maximum absolute atomic E-state index is 5.84. The summed E-state index contributed by atoms with van der Waals surface area (Å²) in [7, 11) is 0. The summed E-state index contributed by atoms with van der Waals surface area (Å²) in [5.74, 6) is 0. The highest BCUT2D eigenvalue weighted by Crippen LogP contribution is 2.22. The third kappa shape index (κ3) is 2.43. The molecule has 0 fully saturated rings. The Kier molecular flexibility index (Phi) is 3.59. The van der Waals surface area contributed by atoms with E-state index in [1.54, 1.807) is 6.33 Å². The molecule has 0 aliphatic rings. The molecule has 2 aromatic rings. The van der Waals surface area contributed by atoms with Gasteiger partial charge in [-0.3, -0.25) is 0 Å². The van der Waals surface area contributed by atoms with Crippen LogP contribution in [0.1, 0.15) is 12.6 Å². The van der Waals surface area contributed by atoms with Crippen LogP contribution in [0.15, 0.2) is 30.6 Å². The standard InChI is InChI=1S/C12H13ClN2O/c1-2-16-7-11-12(15-8-14-11)9-3-5-10(13)6-4-9/h3-6,8H,2,7H2,1H3,(H,14,15). The Morgan fingerprint density at radius 3 is 2.75 bits per heavy atom. The fourth-order valence-corrected chi connectivity index (χ4v) is 1.62. The van der Waals surface area contributed by atoms with Crippen LogP contribution in [0.2, 0.25) is 5.02 Å². The molecule has 3 nitrogen and oxygen atoms in total. The van der Waals surface area contributed by atoms with Gasteiger partial charge in [0.05, 0.1) is 24.3 Å². The van der Waals surface area contributed by atoms with Gasteiger partial charge in [-0.1, -0.05) is 23.7 Å². The molecule has 16 heavy (non-hydrogen) atoms. The number of benzene rings is 1. The fraction of sp³-hybridized carbons (Fsp3) is 0.250. The maximum Gasteiger partial charge on any atom is 0.0936 e. The van der Waals surface area contributed by atoms with Gasteiger partial charge in [-0.2, -0.15) is 0 Å². The first kappa shape index (κ1) is 11.2. The molecule has 0 unspecified atom stereocenters. The first-order valence-electron chi connectivity index (χ1n) is 5.17. The Morgan fingerprint density at radius 2 is 2.06 bits per heavy atom. The van der Waals surface area contributed by atoms with Crippen molar-refractivity contribution in [2.75, 3.05) is 6.61 Å². The summed E-state index contributed by atoms with van der Waals surface area (Å²) in [5.41, 5.74) is 2.95. The lowest BCUT2D eigenvalue weighted by atomic mass is 10.1. The molecule has 0 atom stereocenters. The van der Waals surface area contributed by atoms with Crippen LogP contribution >= 0.6 is 11.6 Å². The van der Waals surface area contributed by atoms with Crippen molar-refractivity contribution < 1.29 is 4.74 Å². The largest absolute Gasteiger partial charge is 0.375 e. The van der Waals surface area contributed by atoms with Crippen LogP contribution in [-0.4, -0.2) is 16.6 Å². The molecule has 1 heterocycles. The molecule has 0 aliphatic heterocycles. The minimum absolute atomic E-state index is 0.550. The lowest BCUT2D eigenvalue weighted by molar-refractivity contribution is 0.132. The lowest BCUT2D eigenvalue weighted by Crippen LogP contribution is -1.94. The summed E-state index contributed by atoms with van der Waals surface area (Å²) >= 11 is 5.84. The van der Waals surface area contributed by atoms with Gasteiger partial charge in [0.15, 0.2) is 0 Å². The van der Waals surface area contributed by atoms with E-state index in [1.165, 1.54) is 0 Å². The van der Waals surface area contributed by atoms with Gasteiger partial charge in [-0.15, -0.1) is 0 Å². The third-order valence-corrected chi connectivity index (χ3v) is 2.54. The van der Waals surface area contributed by atoms with Crippen molar-refractivity contribution in [1.82, 2.24) is 9.97 Å². The van der Waals surface area contributed by atoms with E-state index in [-0.39, 0.29) is 0 Å². The molecular formula is C12H13ClN2O. The second-order valence-corrected chi connectivity index (χ2v) is 3.81. The van der Waals surface area contributed by atoms with E-state index in [9.17, 15) is 0 Å². The van der Waals surface area contributed by atoms with Crippen LogP contribution in [0.3, 0.4) is 0 Å². The first-order chi connectivity index (χ1) is 7.81. The number of nitrogens with zero attached hydrogens (tertiary/aromatic N) is 1. The van der Waals surface area contributed by atoms with Crippen LogP contribution in [0.5, 0.6) is 0 Å². The lowest BCUT2D eigenvalue weighted by Gasteiger charge is -2.03. The molecule has 1 aromatic carbocycles. The summed E-state index contributed by atoms with van der Waals surface area (Å²) in [6.45, 7) is 3.21. The van der Waals surface area contributed by atoms with Crippen LogP contribution in [-0.2, 0) is 11.3 Å². The molecule has 0 bridgehead atoms. The maximum atomic E-state index is 5.84. The molecule has 84 valence electrons. The second kappa shape index (κ2) is 5.14. The summed E-state index contributed by atoms with van der Waals surface area (Å²) < 4.78 is 5.37. The van der Waals surface area contributed by atoms with Gasteiger partial charge in [0.25, 0.3) is 0 Å². The molecule has 0 aliphatic carbocycles. The molecule has 0 amide bonds. The van der Waals surface area contributed by atoms with E-state index < -0.39 is 0 Å². The van der Waals surface area contributed by atoms with Gasteiger partial charge in [0.1, 0.15) is 0 Å². The van der Waals surface area contributed by atoms with E-state index in [4.69, 9.17) is 16.3 Å². The van der Waals surface area contributed by atoms with Gasteiger partial charge in [0.2, 0.25) is 0 Å². The summed E-state index contributed by atoms with van der Waals surface area (Å²) in [6.07, 6.45) is 1.68. The fourth-order valence-electron chi connectivity index (χ4n) is 1.49. The molecule has 0 saturated heterocycles. The van der Waals surface area contributed by atoms with E-state index in [0.717, 1.165) is 22.0 Å². The van der Waals surface area contributed by atoms with E-state index in [0.29, 0.717) is 13.2 Å². The number of ether oxygens (including phenoxy) is 1. The Balaban J connectivity index is 2.26. The number of H-pyrrole nitrogens is 1. The van der Waals surface area contributed by atoms with Crippen molar-refractivity contribution in [2.45, 2.75) is 13.5 Å². The molecular weight excluding hydrogens is 224 g/mol. The summed E-state index contributed by atoms with van der Waals surface area (Å²) in [6, 6.07) is 7.62. The van der Waals surface area contributed by atoms with E-state index in [1.807, 2.05) is 31.2 Å². The average molecular weight is 237 g/mol. The third-order valence-electron chi connectivity index (χ3n) is 2.29. The number of halogens is 1.